The number of nitrogens with one attached hydrogen (secondary N) is 2. The van der Waals surface area contributed by atoms with Crippen molar-refractivity contribution in [3.63, 3.8) is 0 Å². The molecule has 0 bridgehead atoms. The van der Waals surface area contributed by atoms with Gasteiger partial charge in [0.05, 0.1) is 6.33 Å². The Morgan fingerprint density at radius 3 is 3.00 bits per heavy atom. The minimum Gasteiger partial charge on any atom is -0.341 e. The number of benzene rings is 1. The van der Waals surface area contributed by atoms with Crippen LogP contribution in [0.1, 0.15) is 5.56 Å². The molecule has 3 rings (SSSR count). The van der Waals surface area contributed by atoms with Gasteiger partial charge in [0.1, 0.15) is 10.5 Å². The van der Waals surface area contributed by atoms with E-state index in [0.29, 0.717) is 21.4 Å². The highest BCUT2D eigenvalue weighted by Gasteiger charge is 2.09. The van der Waals surface area contributed by atoms with Crippen LogP contribution in [0.4, 0.5) is 0 Å². The van der Waals surface area contributed by atoms with Gasteiger partial charge >= 0.3 is 5.69 Å². The molecule has 0 aliphatic carbocycles. The van der Waals surface area contributed by atoms with E-state index in [4.69, 9.17) is 11.6 Å². The van der Waals surface area contributed by atoms with Gasteiger partial charge in [-0.15, -0.1) is 0 Å². The lowest BCUT2D eigenvalue weighted by Crippen LogP contribution is -2.10. The summed E-state index contributed by atoms with van der Waals surface area (Å²) in [5, 5.41) is 1.33. The predicted octanol–water partition coefficient (Wildman–Crippen LogP) is 2.59. The van der Waals surface area contributed by atoms with Crippen LogP contribution in [0.3, 0.4) is 0 Å². The third kappa shape index (κ3) is 2.50. The molecule has 19 heavy (non-hydrogen) atoms. The second-order valence-electron chi connectivity index (χ2n) is 3.85. The molecule has 0 saturated heterocycles. The molecular formula is C12H9ClN4OS. The first-order valence-electron chi connectivity index (χ1n) is 5.53. The number of fused-ring (bicyclic) bond motifs is 1. The average molecular weight is 293 g/mol. The first kappa shape index (κ1) is 12.3. The standard InChI is InChI=1S/C12H9ClN4OS/c13-8-4-2-1-3-7(8)5-19-11-9-10(15-6-14-9)16-12(18)17-11/h1-4,6H,5H2,(H2,14,15,16,17,18). The van der Waals surface area contributed by atoms with Gasteiger partial charge in [-0.05, 0) is 11.6 Å². The summed E-state index contributed by atoms with van der Waals surface area (Å²) in [4.78, 5) is 24.9. The van der Waals surface area contributed by atoms with Gasteiger partial charge in [0.2, 0.25) is 0 Å². The van der Waals surface area contributed by atoms with Gasteiger partial charge < -0.3 is 4.98 Å². The van der Waals surface area contributed by atoms with Gasteiger partial charge in [0, 0.05) is 10.8 Å². The molecular weight excluding hydrogens is 284 g/mol. The Labute approximate surface area is 117 Å². The second kappa shape index (κ2) is 5.07. The number of aromatic nitrogens is 4. The smallest absolute Gasteiger partial charge is 0.341 e. The van der Waals surface area contributed by atoms with E-state index >= 15 is 0 Å². The van der Waals surface area contributed by atoms with Gasteiger partial charge in [-0.2, -0.15) is 4.98 Å². The van der Waals surface area contributed by atoms with Gasteiger partial charge in [-0.25, -0.2) is 9.78 Å². The summed E-state index contributed by atoms with van der Waals surface area (Å²) in [6, 6.07) is 7.61. The van der Waals surface area contributed by atoms with Crippen molar-refractivity contribution < 1.29 is 0 Å². The monoisotopic (exact) mass is 292 g/mol. The van der Waals surface area contributed by atoms with Crippen molar-refractivity contribution in [3.8, 4) is 0 Å². The van der Waals surface area contributed by atoms with Crippen LogP contribution in [-0.2, 0) is 5.75 Å². The fourth-order valence-corrected chi connectivity index (χ4v) is 2.97. The molecule has 2 heterocycles. The van der Waals surface area contributed by atoms with Gasteiger partial charge in [0.25, 0.3) is 0 Å². The highest BCUT2D eigenvalue weighted by molar-refractivity contribution is 7.98. The molecule has 0 saturated carbocycles. The molecule has 0 aliphatic rings. The summed E-state index contributed by atoms with van der Waals surface area (Å²) in [6.07, 6.45) is 1.53. The number of halogens is 1. The average Bonchev–Trinajstić information content (AvgIpc) is 2.85. The third-order valence-electron chi connectivity index (χ3n) is 2.60. The molecule has 0 fully saturated rings. The Morgan fingerprint density at radius 1 is 1.32 bits per heavy atom. The van der Waals surface area contributed by atoms with E-state index in [-0.39, 0.29) is 0 Å². The maximum atomic E-state index is 11.4. The Balaban J connectivity index is 1.92. The Kier molecular flexibility index (Phi) is 3.27. The Bertz CT molecular complexity index is 782. The van der Waals surface area contributed by atoms with Crippen molar-refractivity contribution in [2.45, 2.75) is 10.8 Å². The molecule has 0 radical (unpaired) electrons. The number of hydrogen-bond donors (Lipinski definition) is 2. The van der Waals surface area contributed by atoms with Gasteiger partial charge in [-0.3, -0.25) is 4.98 Å². The zero-order valence-electron chi connectivity index (χ0n) is 9.68. The highest BCUT2D eigenvalue weighted by Crippen LogP contribution is 2.27. The van der Waals surface area contributed by atoms with Crippen LogP contribution < -0.4 is 5.69 Å². The Morgan fingerprint density at radius 2 is 2.16 bits per heavy atom. The summed E-state index contributed by atoms with van der Waals surface area (Å²) in [6.45, 7) is 0. The normalized spacial score (nSPS) is 11.0. The van der Waals surface area contributed by atoms with Crippen molar-refractivity contribution in [2.24, 2.45) is 0 Å². The Hall–Kier alpha value is -1.79. The highest BCUT2D eigenvalue weighted by atomic mass is 35.5. The zero-order chi connectivity index (χ0) is 13.2. The molecule has 0 aliphatic heterocycles. The molecule has 96 valence electrons. The molecule has 1 aromatic carbocycles. The van der Waals surface area contributed by atoms with E-state index in [0.717, 1.165) is 11.1 Å². The third-order valence-corrected chi connectivity index (χ3v) is 4.00. The second-order valence-corrected chi connectivity index (χ2v) is 5.22. The van der Waals surface area contributed by atoms with Crippen LogP contribution in [-0.4, -0.2) is 19.9 Å². The van der Waals surface area contributed by atoms with Gasteiger partial charge in [0.15, 0.2) is 5.65 Å². The maximum Gasteiger partial charge on any atom is 0.347 e. The molecule has 3 aromatic rings. The molecule has 2 aromatic heterocycles. The van der Waals surface area contributed by atoms with Crippen LogP contribution >= 0.6 is 23.4 Å². The molecule has 0 spiro atoms. The predicted molar refractivity (Wildman–Crippen MR) is 75.5 cm³/mol. The first-order valence-corrected chi connectivity index (χ1v) is 6.90. The van der Waals surface area contributed by atoms with Crippen molar-refractivity contribution in [2.75, 3.05) is 0 Å². The van der Waals surface area contributed by atoms with Crippen molar-refractivity contribution in [1.82, 2.24) is 19.9 Å². The summed E-state index contributed by atoms with van der Waals surface area (Å²) < 4.78 is 0. The van der Waals surface area contributed by atoms with E-state index in [1.165, 1.54) is 18.1 Å². The fraction of sp³-hybridized carbons (Fsp3) is 0.0833. The maximum absolute atomic E-state index is 11.4. The van der Waals surface area contributed by atoms with Crippen LogP contribution in [0.25, 0.3) is 11.2 Å². The van der Waals surface area contributed by atoms with E-state index in [1.54, 1.807) is 0 Å². The van der Waals surface area contributed by atoms with Crippen LogP contribution in [0.2, 0.25) is 5.02 Å². The fourth-order valence-electron chi connectivity index (χ4n) is 1.70. The van der Waals surface area contributed by atoms with Crippen molar-refractivity contribution in [1.29, 1.82) is 0 Å². The molecule has 2 N–H and O–H groups in total. The van der Waals surface area contributed by atoms with E-state index < -0.39 is 5.69 Å². The number of H-pyrrole nitrogens is 2. The lowest BCUT2D eigenvalue weighted by Gasteiger charge is -2.03. The quantitative estimate of drug-likeness (QED) is 0.575. The lowest BCUT2D eigenvalue weighted by molar-refractivity contribution is 1.01. The first-order chi connectivity index (χ1) is 9.24. The number of hydrogen-bond acceptors (Lipinski definition) is 4. The number of imidazole rings is 1. The molecule has 7 heteroatoms. The summed E-state index contributed by atoms with van der Waals surface area (Å²) >= 11 is 7.55. The zero-order valence-corrected chi connectivity index (χ0v) is 11.3. The van der Waals surface area contributed by atoms with E-state index in [2.05, 4.69) is 19.9 Å². The van der Waals surface area contributed by atoms with Crippen molar-refractivity contribution in [3.05, 3.63) is 51.7 Å². The molecule has 5 nitrogen and oxygen atoms in total. The SMILES string of the molecule is O=c1nc(SCc2ccccc2Cl)c2[nH]cnc2[nH]1. The minimum absolute atomic E-state index is 0.402. The topological polar surface area (TPSA) is 74.4 Å². The lowest BCUT2D eigenvalue weighted by atomic mass is 10.2. The number of rotatable bonds is 3. The summed E-state index contributed by atoms with van der Waals surface area (Å²) in [7, 11) is 0. The molecule has 0 unspecified atom stereocenters. The minimum atomic E-state index is -0.402. The van der Waals surface area contributed by atoms with Crippen LogP contribution in [0.15, 0.2) is 40.4 Å². The number of aromatic amines is 2. The summed E-state index contributed by atoms with van der Waals surface area (Å²) in [5.41, 5.74) is 1.85. The van der Waals surface area contributed by atoms with Crippen LogP contribution in [0, 0.1) is 0 Å². The molecule has 0 amide bonds. The largest absolute Gasteiger partial charge is 0.347 e. The van der Waals surface area contributed by atoms with Gasteiger partial charge in [-0.1, -0.05) is 41.6 Å². The number of thioether (sulfide) groups is 1. The van der Waals surface area contributed by atoms with E-state index in [1.807, 2.05) is 24.3 Å². The molecule has 0 atom stereocenters. The summed E-state index contributed by atoms with van der Waals surface area (Å²) in [5.74, 6) is 0.643. The van der Waals surface area contributed by atoms with Crippen molar-refractivity contribution >= 4 is 34.5 Å². The van der Waals surface area contributed by atoms with E-state index in [9.17, 15) is 4.79 Å². The number of nitrogens with zero attached hydrogens (tertiary/aromatic N) is 2. The van der Waals surface area contributed by atoms with Crippen LogP contribution in [0.5, 0.6) is 0 Å².